The molecule has 76 valence electrons. The number of carbonyl (C=O) groups excluding carboxylic acids is 1. The van der Waals surface area contributed by atoms with Crippen molar-refractivity contribution in [3.05, 3.63) is 21.4 Å². The average Bonchev–Trinajstić information content (AvgIpc) is 2.41. The van der Waals surface area contributed by atoms with Gasteiger partial charge in [0.05, 0.1) is 6.42 Å². The van der Waals surface area contributed by atoms with Gasteiger partial charge in [0.15, 0.2) is 5.78 Å². The molecule has 1 N–H and O–H groups in total. The second kappa shape index (κ2) is 4.37. The van der Waals surface area contributed by atoms with Gasteiger partial charge in [0.1, 0.15) is 0 Å². The summed E-state index contributed by atoms with van der Waals surface area (Å²) in [5, 5.41) is 8.43. The Morgan fingerprint density at radius 2 is 2.00 bits per heavy atom. The molecule has 1 aromatic heterocycles. The average molecular weight is 212 g/mol. The van der Waals surface area contributed by atoms with E-state index in [4.69, 9.17) is 5.11 Å². The molecule has 1 rings (SSSR count). The Labute approximate surface area is 86.4 Å². The van der Waals surface area contributed by atoms with Gasteiger partial charge < -0.3 is 5.11 Å². The van der Waals surface area contributed by atoms with Crippen molar-refractivity contribution in [1.82, 2.24) is 0 Å². The van der Waals surface area contributed by atoms with Crippen LogP contribution in [0.3, 0.4) is 0 Å². The molecule has 4 heteroatoms. The summed E-state index contributed by atoms with van der Waals surface area (Å²) in [4.78, 5) is 23.9. The van der Waals surface area contributed by atoms with E-state index in [1.54, 1.807) is 11.3 Å². The van der Waals surface area contributed by atoms with Crippen molar-refractivity contribution in [3.63, 3.8) is 0 Å². The molecule has 14 heavy (non-hydrogen) atoms. The monoisotopic (exact) mass is 212 g/mol. The van der Waals surface area contributed by atoms with Crippen LogP contribution in [0.2, 0.25) is 0 Å². The summed E-state index contributed by atoms with van der Waals surface area (Å²) < 4.78 is 0. The molecule has 0 fully saturated rings. The maximum absolute atomic E-state index is 11.5. The van der Waals surface area contributed by atoms with Crippen LogP contribution in [-0.2, 0) is 4.79 Å². The number of hydrogen-bond donors (Lipinski definition) is 1. The zero-order chi connectivity index (χ0) is 10.7. The molecular weight excluding hydrogens is 200 g/mol. The lowest BCUT2D eigenvalue weighted by molar-refractivity contribution is -0.136. The molecule has 0 unspecified atom stereocenters. The van der Waals surface area contributed by atoms with Gasteiger partial charge in [-0.05, 0) is 19.9 Å². The Kier molecular flexibility index (Phi) is 3.41. The Bertz CT molecular complexity index is 365. The van der Waals surface area contributed by atoms with Crippen molar-refractivity contribution in [2.24, 2.45) is 0 Å². The molecule has 1 aromatic rings. The van der Waals surface area contributed by atoms with Gasteiger partial charge in [-0.2, -0.15) is 0 Å². The van der Waals surface area contributed by atoms with E-state index in [1.165, 1.54) is 0 Å². The van der Waals surface area contributed by atoms with Crippen molar-refractivity contribution >= 4 is 23.1 Å². The fourth-order valence-electron chi connectivity index (χ4n) is 1.26. The molecular formula is C10H12O3S. The Morgan fingerprint density at radius 3 is 2.43 bits per heavy atom. The number of carboxylic acids is 1. The lowest BCUT2D eigenvalue weighted by atomic mass is 10.1. The fourth-order valence-corrected chi connectivity index (χ4v) is 2.21. The van der Waals surface area contributed by atoms with Crippen LogP contribution in [-0.4, -0.2) is 16.9 Å². The lowest BCUT2D eigenvalue weighted by Gasteiger charge is -1.96. The number of ketones is 1. The van der Waals surface area contributed by atoms with Crippen molar-refractivity contribution in [1.29, 1.82) is 0 Å². The van der Waals surface area contributed by atoms with E-state index in [-0.39, 0.29) is 18.6 Å². The molecule has 3 nitrogen and oxygen atoms in total. The predicted octanol–water partition coefficient (Wildman–Crippen LogP) is 2.41. The van der Waals surface area contributed by atoms with Crippen LogP contribution in [0.15, 0.2) is 6.07 Å². The smallest absolute Gasteiger partial charge is 0.303 e. The molecule has 0 amide bonds. The molecule has 0 bridgehead atoms. The Balaban J connectivity index is 2.69. The molecule has 0 spiro atoms. The third-order valence-corrected chi connectivity index (χ3v) is 2.87. The SMILES string of the molecule is Cc1cc(C(=O)CCC(=O)O)c(C)s1. The molecule has 0 aliphatic heterocycles. The van der Waals surface area contributed by atoms with Gasteiger partial charge in [0, 0.05) is 21.7 Å². The van der Waals surface area contributed by atoms with E-state index in [0.29, 0.717) is 5.56 Å². The zero-order valence-electron chi connectivity index (χ0n) is 8.16. The summed E-state index contributed by atoms with van der Waals surface area (Å²) in [6.07, 6.45) is -0.000482. The van der Waals surface area contributed by atoms with Crippen LogP contribution in [0, 0.1) is 13.8 Å². The number of aliphatic carboxylic acids is 1. The largest absolute Gasteiger partial charge is 0.481 e. The van der Waals surface area contributed by atoms with Crippen LogP contribution in [0.5, 0.6) is 0 Å². The second-order valence-corrected chi connectivity index (χ2v) is 4.60. The van der Waals surface area contributed by atoms with Crippen LogP contribution in [0.1, 0.15) is 33.0 Å². The summed E-state index contributed by atoms with van der Waals surface area (Å²) in [6, 6.07) is 1.82. The fraction of sp³-hybridized carbons (Fsp3) is 0.400. The topological polar surface area (TPSA) is 54.4 Å². The van der Waals surface area contributed by atoms with E-state index in [2.05, 4.69) is 0 Å². The molecule has 0 saturated carbocycles. The van der Waals surface area contributed by atoms with Gasteiger partial charge in [0.2, 0.25) is 0 Å². The number of thiophene rings is 1. The summed E-state index contributed by atoms with van der Waals surface area (Å²) in [5.41, 5.74) is 0.675. The van der Waals surface area contributed by atoms with Gasteiger partial charge in [-0.1, -0.05) is 0 Å². The predicted molar refractivity (Wildman–Crippen MR) is 55.0 cm³/mol. The number of Topliss-reactive ketones (excluding diaryl/α,β-unsaturated/α-hetero) is 1. The van der Waals surface area contributed by atoms with Gasteiger partial charge in [0.25, 0.3) is 0 Å². The Hall–Kier alpha value is -1.16. The molecule has 0 atom stereocenters. The first-order valence-corrected chi connectivity index (χ1v) is 5.14. The van der Waals surface area contributed by atoms with Crippen LogP contribution >= 0.6 is 11.3 Å². The number of carboxylic acid groups (broad SMARTS) is 1. The maximum atomic E-state index is 11.5. The molecule has 0 aromatic carbocycles. The summed E-state index contributed by atoms with van der Waals surface area (Å²) >= 11 is 1.56. The van der Waals surface area contributed by atoms with E-state index < -0.39 is 5.97 Å². The number of rotatable bonds is 4. The lowest BCUT2D eigenvalue weighted by Crippen LogP contribution is -2.03. The first kappa shape index (κ1) is 10.9. The molecule has 0 saturated heterocycles. The van der Waals surface area contributed by atoms with Gasteiger partial charge >= 0.3 is 5.97 Å². The first-order chi connectivity index (χ1) is 6.50. The minimum atomic E-state index is -0.928. The maximum Gasteiger partial charge on any atom is 0.303 e. The van der Waals surface area contributed by atoms with Crippen molar-refractivity contribution < 1.29 is 14.7 Å². The molecule has 0 aliphatic carbocycles. The number of carbonyl (C=O) groups is 2. The minimum Gasteiger partial charge on any atom is -0.481 e. The Morgan fingerprint density at radius 1 is 1.36 bits per heavy atom. The number of aryl methyl sites for hydroxylation is 2. The van der Waals surface area contributed by atoms with Crippen molar-refractivity contribution in [2.75, 3.05) is 0 Å². The van der Waals surface area contributed by atoms with Crippen molar-refractivity contribution in [3.8, 4) is 0 Å². The van der Waals surface area contributed by atoms with Crippen LogP contribution in [0.4, 0.5) is 0 Å². The zero-order valence-corrected chi connectivity index (χ0v) is 8.98. The molecule has 1 heterocycles. The second-order valence-electron chi connectivity index (χ2n) is 3.14. The highest BCUT2D eigenvalue weighted by atomic mass is 32.1. The van der Waals surface area contributed by atoms with Crippen LogP contribution < -0.4 is 0 Å². The third kappa shape index (κ3) is 2.67. The van der Waals surface area contributed by atoms with Gasteiger partial charge in [-0.15, -0.1) is 11.3 Å². The highest BCUT2D eigenvalue weighted by molar-refractivity contribution is 7.12. The standard InChI is InChI=1S/C10H12O3S/c1-6-5-8(7(2)14-6)9(11)3-4-10(12)13/h5H,3-4H2,1-2H3,(H,12,13). The van der Waals surface area contributed by atoms with E-state index in [9.17, 15) is 9.59 Å². The first-order valence-electron chi connectivity index (χ1n) is 4.32. The normalized spacial score (nSPS) is 10.1. The van der Waals surface area contributed by atoms with Crippen LogP contribution in [0.25, 0.3) is 0 Å². The van der Waals surface area contributed by atoms with Gasteiger partial charge in [-0.25, -0.2) is 0 Å². The molecule has 0 radical (unpaired) electrons. The van der Waals surface area contributed by atoms with E-state index >= 15 is 0 Å². The quantitative estimate of drug-likeness (QED) is 0.780. The van der Waals surface area contributed by atoms with Crippen molar-refractivity contribution in [2.45, 2.75) is 26.7 Å². The number of hydrogen-bond acceptors (Lipinski definition) is 3. The summed E-state index contributed by atoms with van der Waals surface area (Å²) in [7, 11) is 0. The van der Waals surface area contributed by atoms with E-state index in [0.717, 1.165) is 9.75 Å². The highest BCUT2D eigenvalue weighted by Gasteiger charge is 2.12. The summed E-state index contributed by atoms with van der Waals surface area (Å²) in [5.74, 6) is -1.00. The molecule has 0 aliphatic rings. The summed E-state index contributed by atoms with van der Waals surface area (Å²) in [6.45, 7) is 3.82. The van der Waals surface area contributed by atoms with Gasteiger partial charge in [-0.3, -0.25) is 9.59 Å². The third-order valence-electron chi connectivity index (χ3n) is 1.91. The minimum absolute atomic E-state index is 0.0748. The highest BCUT2D eigenvalue weighted by Crippen LogP contribution is 2.22. The van der Waals surface area contributed by atoms with E-state index in [1.807, 2.05) is 19.9 Å².